The third kappa shape index (κ3) is 9.40. The summed E-state index contributed by atoms with van der Waals surface area (Å²) in [5, 5.41) is 0.690. The van der Waals surface area contributed by atoms with Crippen LogP contribution in [0.1, 0.15) is 54.9 Å². The molecule has 11 heteroatoms. The lowest BCUT2D eigenvalue weighted by molar-refractivity contribution is -0.149. The van der Waals surface area contributed by atoms with Gasteiger partial charge < -0.3 is 23.8 Å². The fraction of sp³-hybridized carbons (Fsp3) is 0.372. The number of esters is 1. The molecule has 0 aromatic heterocycles. The van der Waals surface area contributed by atoms with Gasteiger partial charge in [0.2, 0.25) is 10.0 Å². The summed E-state index contributed by atoms with van der Waals surface area (Å²) in [6.45, 7) is 7.33. The van der Waals surface area contributed by atoms with E-state index in [1.807, 2.05) is 66.7 Å². The molecule has 54 heavy (non-hydrogen) atoms. The molecule has 0 bridgehead atoms. The second-order valence-electron chi connectivity index (χ2n) is 14.0. The van der Waals surface area contributed by atoms with Crippen molar-refractivity contribution in [1.29, 1.82) is 0 Å². The van der Waals surface area contributed by atoms with E-state index in [2.05, 4.69) is 11.5 Å². The summed E-state index contributed by atoms with van der Waals surface area (Å²) < 4.78 is 54.0. The second kappa shape index (κ2) is 17.8. The van der Waals surface area contributed by atoms with Crippen LogP contribution in [0.15, 0.2) is 102 Å². The molecule has 0 radical (unpaired) electrons. The molecule has 1 aliphatic carbocycles. The number of fused-ring (bicyclic) bond motifs is 2. The van der Waals surface area contributed by atoms with Crippen molar-refractivity contribution in [1.82, 2.24) is 4.31 Å². The van der Waals surface area contributed by atoms with Crippen molar-refractivity contribution >= 4 is 33.3 Å². The molecule has 0 N–H and O–H groups in total. The summed E-state index contributed by atoms with van der Waals surface area (Å²) >= 11 is 6.40. The molecule has 1 aliphatic heterocycles. The maximum atomic E-state index is 14.8. The lowest BCUT2D eigenvalue weighted by atomic mass is 9.70. The number of hydrogen-bond acceptors (Lipinski definition) is 8. The van der Waals surface area contributed by atoms with E-state index in [9.17, 15) is 13.2 Å². The van der Waals surface area contributed by atoms with Crippen LogP contribution in [0.2, 0.25) is 5.02 Å². The minimum atomic E-state index is -4.04. The number of hydrogen-bond donors (Lipinski definition) is 0. The Balaban J connectivity index is 1.38. The van der Waals surface area contributed by atoms with E-state index in [0.717, 1.165) is 60.0 Å². The molecule has 6 rings (SSSR count). The Labute approximate surface area is 324 Å². The molecule has 1 fully saturated rings. The van der Waals surface area contributed by atoms with Crippen LogP contribution in [0.3, 0.4) is 0 Å². The minimum absolute atomic E-state index is 0.122. The summed E-state index contributed by atoms with van der Waals surface area (Å²) in [5.74, 6) is 1.99. The number of ether oxygens (including phenoxy) is 4. The summed E-state index contributed by atoms with van der Waals surface area (Å²) in [6, 6.07) is 26.0. The van der Waals surface area contributed by atoms with Crippen molar-refractivity contribution in [3.05, 3.63) is 125 Å². The average Bonchev–Trinajstić information content (AvgIpc) is 3.19. The van der Waals surface area contributed by atoms with Gasteiger partial charge in [0.25, 0.3) is 0 Å². The Morgan fingerprint density at radius 3 is 2.17 bits per heavy atom. The smallest absolute Gasteiger partial charge is 0.303 e. The van der Waals surface area contributed by atoms with Gasteiger partial charge in [0.05, 0.1) is 24.8 Å². The molecule has 0 unspecified atom stereocenters. The van der Waals surface area contributed by atoms with Crippen LogP contribution in [0.5, 0.6) is 17.2 Å². The Kier molecular flexibility index (Phi) is 12.9. The number of sulfonamides is 1. The van der Waals surface area contributed by atoms with Gasteiger partial charge in [0.1, 0.15) is 30.0 Å². The minimum Gasteiger partial charge on any atom is -0.497 e. The Bertz CT molecular complexity index is 1970. The number of halogens is 1. The van der Waals surface area contributed by atoms with Gasteiger partial charge in [-0.1, -0.05) is 54.6 Å². The highest BCUT2D eigenvalue weighted by atomic mass is 35.5. The Morgan fingerprint density at radius 1 is 0.926 bits per heavy atom. The number of rotatable bonds is 13. The van der Waals surface area contributed by atoms with E-state index in [1.54, 1.807) is 38.5 Å². The standard InChI is InChI=1S/C43H49ClN2O7S/c1-5-42(53-30(2)47)40-21-14-34(40)28-45-23-7-6-8-33-24-36(44)15-13-35(33)29-52-43-22-20-39(25-41(43)45)54(48,49)46(26-31-9-16-37(50-3)17-10-31)27-32-11-18-38(51-4)19-12-32/h5,9-13,15-20,22,24-25,34,40,42H,1,6-8,14,21,23,26-29H2,2-4H3/t34-,40+,42-/m0/s1. The van der Waals surface area contributed by atoms with E-state index >= 15 is 0 Å². The second-order valence-corrected chi connectivity index (χ2v) is 16.4. The molecule has 0 saturated heterocycles. The predicted octanol–water partition coefficient (Wildman–Crippen LogP) is 8.61. The van der Waals surface area contributed by atoms with Gasteiger partial charge in [-0.2, -0.15) is 4.31 Å². The van der Waals surface area contributed by atoms with Crippen LogP contribution in [0.4, 0.5) is 5.69 Å². The first-order valence-corrected chi connectivity index (χ1v) is 20.2. The van der Waals surface area contributed by atoms with Crippen LogP contribution < -0.4 is 19.1 Å². The van der Waals surface area contributed by atoms with Crippen LogP contribution in [0.25, 0.3) is 0 Å². The molecule has 3 atom stereocenters. The fourth-order valence-electron chi connectivity index (χ4n) is 7.36. The van der Waals surface area contributed by atoms with Gasteiger partial charge >= 0.3 is 5.97 Å². The normalized spacial score (nSPS) is 17.8. The quantitative estimate of drug-likeness (QED) is 0.0986. The lowest BCUT2D eigenvalue weighted by Gasteiger charge is -2.43. The lowest BCUT2D eigenvalue weighted by Crippen LogP contribution is -2.44. The van der Waals surface area contributed by atoms with Crippen molar-refractivity contribution in [3.63, 3.8) is 0 Å². The molecule has 2 aliphatic rings. The van der Waals surface area contributed by atoms with E-state index < -0.39 is 10.0 Å². The first kappa shape index (κ1) is 39.2. The first-order valence-electron chi connectivity index (χ1n) is 18.4. The SMILES string of the molecule is C=C[C@H](OC(C)=O)[C@@H]1CC[C@H]1CN1CCCCc2cc(Cl)ccc2COc2ccc(S(=O)(=O)N(Cc3ccc(OC)cc3)Cc3ccc(OC)cc3)cc21. The molecule has 0 spiro atoms. The molecule has 4 aromatic rings. The maximum Gasteiger partial charge on any atom is 0.303 e. The molecule has 4 aromatic carbocycles. The Hall–Kier alpha value is -4.51. The highest BCUT2D eigenvalue weighted by Gasteiger charge is 2.39. The number of carbonyl (C=O) groups is 1. The maximum absolute atomic E-state index is 14.8. The molecule has 286 valence electrons. The molecule has 0 amide bonds. The van der Waals surface area contributed by atoms with Crippen molar-refractivity contribution in [2.75, 3.05) is 32.2 Å². The summed E-state index contributed by atoms with van der Waals surface area (Å²) in [5.41, 5.74) is 4.57. The van der Waals surface area contributed by atoms with Crippen LogP contribution in [0, 0.1) is 11.8 Å². The zero-order valence-corrected chi connectivity index (χ0v) is 32.8. The van der Waals surface area contributed by atoms with Crippen molar-refractivity contribution in [2.45, 2.75) is 69.7 Å². The number of anilines is 1. The number of carbonyl (C=O) groups excluding carboxylic acids is 1. The topological polar surface area (TPSA) is 94.6 Å². The summed E-state index contributed by atoms with van der Waals surface area (Å²) in [7, 11) is -0.837. The first-order chi connectivity index (χ1) is 26.1. The van der Waals surface area contributed by atoms with E-state index in [-0.39, 0.29) is 41.9 Å². The fourth-order valence-corrected chi connectivity index (χ4v) is 8.99. The largest absolute Gasteiger partial charge is 0.497 e. The Morgan fingerprint density at radius 2 is 1.59 bits per heavy atom. The number of aryl methyl sites for hydroxylation is 1. The van der Waals surface area contributed by atoms with Gasteiger partial charge in [0.15, 0.2) is 0 Å². The van der Waals surface area contributed by atoms with E-state index in [4.69, 9.17) is 30.5 Å². The molecular weight excluding hydrogens is 724 g/mol. The highest BCUT2D eigenvalue weighted by molar-refractivity contribution is 7.89. The molecular formula is C43H49ClN2O7S. The zero-order chi connectivity index (χ0) is 38.2. The summed E-state index contributed by atoms with van der Waals surface area (Å²) in [6.07, 6.45) is 5.86. The molecule has 1 heterocycles. The predicted molar refractivity (Wildman–Crippen MR) is 212 cm³/mol. The number of benzene rings is 4. The summed E-state index contributed by atoms with van der Waals surface area (Å²) in [4.78, 5) is 14.4. The van der Waals surface area contributed by atoms with Gasteiger partial charge in [-0.25, -0.2) is 8.42 Å². The van der Waals surface area contributed by atoms with Gasteiger partial charge in [-0.05, 0) is 115 Å². The van der Waals surface area contributed by atoms with Crippen LogP contribution in [-0.4, -0.2) is 52.1 Å². The third-order valence-corrected chi connectivity index (χ3v) is 12.5. The van der Waals surface area contributed by atoms with Crippen molar-refractivity contribution in [2.24, 2.45) is 11.8 Å². The van der Waals surface area contributed by atoms with Crippen LogP contribution >= 0.6 is 11.6 Å². The number of methoxy groups -OCH3 is 2. The molecule has 1 saturated carbocycles. The average molecular weight is 773 g/mol. The van der Waals surface area contributed by atoms with Gasteiger partial charge in [-0.15, -0.1) is 0 Å². The monoisotopic (exact) mass is 772 g/mol. The van der Waals surface area contributed by atoms with E-state index in [0.29, 0.717) is 42.0 Å². The van der Waals surface area contributed by atoms with Gasteiger partial charge in [-0.3, -0.25) is 4.79 Å². The zero-order valence-electron chi connectivity index (χ0n) is 31.2. The van der Waals surface area contributed by atoms with Crippen molar-refractivity contribution in [3.8, 4) is 17.2 Å². The van der Waals surface area contributed by atoms with Crippen molar-refractivity contribution < 1.29 is 32.2 Å². The van der Waals surface area contributed by atoms with Crippen LogP contribution in [-0.2, 0) is 45.7 Å². The molecule has 9 nitrogen and oxygen atoms in total. The third-order valence-electron chi connectivity index (χ3n) is 10.5. The highest BCUT2D eigenvalue weighted by Crippen LogP contribution is 2.42. The number of nitrogens with zero attached hydrogens (tertiary/aromatic N) is 2. The van der Waals surface area contributed by atoms with Gasteiger partial charge in [0, 0.05) is 44.0 Å². The van der Waals surface area contributed by atoms with E-state index in [1.165, 1.54) is 11.2 Å².